The van der Waals surface area contributed by atoms with E-state index in [1.165, 1.54) is 22.5 Å². The van der Waals surface area contributed by atoms with Crippen molar-refractivity contribution < 1.29 is 4.74 Å². The highest BCUT2D eigenvalue weighted by Crippen LogP contribution is 2.43. The number of aryl methyl sites for hydroxylation is 2. The van der Waals surface area contributed by atoms with Gasteiger partial charge in [0.2, 0.25) is 0 Å². The zero-order valence-corrected chi connectivity index (χ0v) is 21.7. The first-order chi connectivity index (χ1) is 17.0. The third-order valence-corrected chi connectivity index (χ3v) is 7.62. The Kier molecular flexibility index (Phi) is 7.18. The van der Waals surface area contributed by atoms with E-state index in [2.05, 4.69) is 76.9 Å². The molecule has 0 bridgehead atoms. The van der Waals surface area contributed by atoms with Gasteiger partial charge in [0, 0.05) is 49.5 Å². The van der Waals surface area contributed by atoms with E-state index in [0.29, 0.717) is 0 Å². The summed E-state index contributed by atoms with van der Waals surface area (Å²) in [5.74, 6) is 0. The zero-order valence-electron chi connectivity index (χ0n) is 20.9. The van der Waals surface area contributed by atoms with Gasteiger partial charge in [0.15, 0.2) is 5.11 Å². The van der Waals surface area contributed by atoms with Crippen molar-refractivity contribution in [2.45, 2.75) is 45.8 Å². The van der Waals surface area contributed by atoms with Crippen molar-refractivity contribution in [3.63, 3.8) is 0 Å². The van der Waals surface area contributed by atoms with Crippen molar-refractivity contribution in [2.75, 3.05) is 37.7 Å². The molecule has 184 valence electrons. The summed E-state index contributed by atoms with van der Waals surface area (Å²) in [4.78, 5) is 9.48. The lowest BCUT2D eigenvalue weighted by Crippen LogP contribution is -2.37. The first kappa shape index (κ1) is 24.0. The standard InChI is InChI=1S/C28H35N5OS/c1-20-8-10-23(11-9-20)33-27(26(30-28(33)35)25-7-4-5-12-29-25)24-19-21(2)32(22(24)3)14-6-13-31-15-17-34-18-16-31/h4-5,7-12,19,26-27H,6,13-18H2,1-3H3,(H,30,35). The van der Waals surface area contributed by atoms with Crippen LogP contribution in [0.15, 0.2) is 54.7 Å². The van der Waals surface area contributed by atoms with E-state index in [0.717, 1.165) is 62.3 Å². The lowest BCUT2D eigenvalue weighted by Gasteiger charge is -2.28. The third-order valence-electron chi connectivity index (χ3n) is 7.30. The van der Waals surface area contributed by atoms with Gasteiger partial charge in [-0.05, 0) is 75.3 Å². The van der Waals surface area contributed by atoms with Crippen LogP contribution in [0.3, 0.4) is 0 Å². The van der Waals surface area contributed by atoms with Crippen molar-refractivity contribution in [2.24, 2.45) is 0 Å². The maximum atomic E-state index is 5.90. The van der Waals surface area contributed by atoms with Crippen molar-refractivity contribution >= 4 is 23.0 Å². The summed E-state index contributed by atoms with van der Waals surface area (Å²) in [6, 6.07) is 17.1. The zero-order chi connectivity index (χ0) is 24.4. The molecule has 2 aliphatic rings. The number of pyridine rings is 1. The summed E-state index contributed by atoms with van der Waals surface area (Å²) >= 11 is 5.90. The first-order valence-electron chi connectivity index (χ1n) is 12.6. The molecule has 2 saturated heterocycles. The van der Waals surface area contributed by atoms with Gasteiger partial charge in [-0.15, -0.1) is 0 Å². The Bertz CT molecular complexity index is 1150. The Hall–Kier alpha value is -2.74. The average Bonchev–Trinajstić information content (AvgIpc) is 3.36. The second-order valence-electron chi connectivity index (χ2n) is 9.62. The molecule has 0 radical (unpaired) electrons. The Morgan fingerprint density at radius 1 is 1.03 bits per heavy atom. The number of ether oxygens (including phenoxy) is 1. The number of benzene rings is 1. The number of nitrogens with one attached hydrogen (secondary N) is 1. The highest BCUT2D eigenvalue weighted by atomic mass is 32.1. The predicted octanol–water partition coefficient (Wildman–Crippen LogP) is 4.71. The van der Waals surface area contributed by atoms with Gasteiger partial charge in [0.1, 0.15) is 0 Å². The highest BCUT2D eigenvalue weighted by molar-refractivity contribution is 7.80. The van der Waals surface area contributed by atoms with Gasteiger partial charge >= 0.3 is 0 Å². The van der Waals surface area contributed by atoms with Crippen LogP contribution in [-0.2, 0) is 11.3 Å². The summed E-state index contributed by atoms with van der Waals surface area (Å²) in [6.07, 6.45) is 2.99. The van der Waals surface area contributed by atoms with E-state index in [1.54, 1.807) is 0 Å². The molecular formula is C28H35N5OS. The highest BCUT2D eigenvalue weighted by Gasteiger charge is 2.42. The molecule has 1 aromatic carbocycles. The van der Waals surface area contributed by atoms with E-state index in [9.17, 15) is 0 Å². The molecule has 0 aliphatic carbocycles. The minimum Gasteiger partial charge on any atom is -0.379 e. The fraction of sp³-hybridized carbons (Fsp3) is 0.429. The second kappa shape index (κ2) is 10.5. The van der Waals surface area contributed by atoms with Crippen LogP contribution in [0.2, 0.25) is 0 Å². The molecule has 0 spiro atoms. The van der Waals surface area contributed by atoms with Crippen LogP contribution >= 0.6 is 12.2 Å². The maximum absolute atomic E-state index is 5.90. The predicted molar refractivity (Wildman–Crippen MR) is 145 cm³/mol. The van der Waals surface area contributed by atoms with Gasteiger partial charge in [0.05, 0.1) is 31.0 Å². The number of anilines is 1. The van der Waals surface area contributed by atoms with Crippen LogP contribution in [0.5, 0.6) is 0 Å². The molecule has 3 aromatic rings. The molecule has 2 fully saturated rings. The van der Waals surface area contributed by atoms with Gasteiger partial charge in [-0.25, -0.2) is 0 Å². The maximum Gasteiger partial charge on any atom is 0.174 e. The number of hydrogen-bond acceptors (Lipinski definition) is 4. The van der Waals surface area contributed by atoms with Gasteiger partial charge < -0.3 is 19.5 Å². The van der Waals surface area contributed by atoms with Crippen LogP contribution in [0, 0.1) is 20.8 Å². The van der Waals surface area contributed by atoms with Crippen molar-refractivity contribution in [3.05, 3.63) is 82.9 Å². The molecule has 4 heterocycles. The van der Waals surface area contributed by atoms with Crippen LogP contribution < -0.4 is 10.2 Å². The van der Waals surface area contributed by atoms with Crippen LogP contribution in [-0.4, -0.2) is 52.4 Å². The van der Waals surface area contributed by atoms with E-state index < -0.39 is 0 Å². The molecule has 2 aromatic heterocycles. The van der Waals surface area contributed by atoms with Crippen molar-refractivity contribution in [1.29, 1.82) is 0 Å². The summed E-state index contributed by atoms with van der Waals surface area (Å²) in [6.45, 7) is 12.5. The van der Waals surface area contributed by atoms with Gasteiger partial charge in [0.25, 0.3) is 0 Å². The Labute approximate surface area is 213 Å². The Morgan fingerprint density at radius 2 is 1.80 bits per heavy atom. The molecule has 35 heavy (non-hydrogen) atoms. The minimum absolute atomic E-state index is 0.0210. The fourth-order valence-electron chi connectivity index (χ4n) is 5.40. The van der Waals surface area contributed by atoms with Crippen LogP contribution in [0.25, 0.3) is 0 Å². The normalized spacial score (nSPS) is 20.9. The first-order valence-corrected chi connectivity index (χ1v) is 13.0. The van der Waals surface area contributed by atoms with Gasteiger partial charge in [-0.2, -0.15) is 0 Å². The van der Waals surface area contributed by atoms with E-state index in [1.807, 2.05) is 18.3 Å². The van der Waals surface area contributed by atoms with Gasteiger partial charge in [-0.1, -0.05) is 23.8 Å². The molecule has 5 rings (SSSR count). The van der Waals surface area contributed by atoms with E-state index >= 15 is 0 Å². The summed E-state index contributed by atoms with van der Waals surface area (Å²) in [5, 5.41) is 4.33. The third kappa shape index (κ3) is 4.99. The summed E-state index contributed by atoms with van der Waals surface area (Å²) in [7, 11) is 0. The average molecular weight is 490 g/mol. The number of nitrogens with zero attached hydrogens (tertiary/aromatic N) is 4. The van der Waals surface area contributed by atoms with E-state index in [-0.39, 0.29) is 12.1 Å². The topological polar surface area (TPSA) is 45.6 Å². The van der Waals surface area contributed by atoms with Crippen LogP contribution in [0.4, 0.5) is 5.69 Å². The summed E-state index contributed by atoms with van der Waals surface area (Å²) < 4.78 is 7.97. The molecular weight excluding hydrogens is 454 g/mol. The monoisotopic (exact) mass is 489 g/mol. The molecule has 0 amide bonds. The number of rotatable bonds is 7. The Morgan fingerprint density at radius 3 is 2.51 bits per heavy atom. The molecule has 1 N–H and O–H groups in total. The molecule has 2 aliphatic heterocycles. The molecule has 2 atom stereocenters. The largest absolute Gasteiger partial charge is 0.379 e. The molecule has 7 heteroatoms. The fourth-order valence-corrected chi connectivity index (χ4v) is 5.75. The second-order valence-corrected chi connectivity index (χ2v) is 10.0. The SMILES string of the molecule is Cc1ccc(N2C(=S)NC(c3ccccn3)C2c2cc(C)n(CCCN3CCOCC3)c2C)cc1. The lowest BCUT2D eigenvalue weighted by molar-refractivity contribution is 0.0369. The van der Waals surface area contributed by atoms with E-state index in [4.69, 9.17) is 21.9 Å². The smallest absolute Gasteiger partial charge is 0.174 e. The number of thiocarbonyl (C=S) groups is 1. The number of morpholine rings is 1. The molecule has 6 nitrogen and oxygen atoms in total. The molecule has 2 unspecified atom stereocenters. The van der Waals surface area contributed by atoms with Crippen molar-refractivity contribution in [1.82, 2.24) is 19.8 Å². The van der Waals surface area contributed by atoms with Gasteiger partial charge in [-0.3, -0.25) is 9.88 Å². The number of aromatic nitrogens is 2. The van der Waals surface area contributed by atoms with Crippen molar-refractivity contribution in [3.8, 4) is 0 Å². The summed E-state index contributed by atoms with van der Waals surface area (Å²) in [5.41, 5.74) is 7.25. The lowest BCUT2D eigenvalue weighted by atomic mass is 9.96. The molecule has 0 saturated carbocycles. The Balaban J connectivity index is 1.46. The van der Waals surface area contributed by atoms with Crippen LogP contribution in [0.1, 0.15) is 46.7 Å². The quantitative estimate of drug-likeness (QED) is 0.485. The number of hydrogen-bond donors (Lipinski definition) is 1. The minimum atomic E-state index is -0.0210.